The van der Waals surface area contributed by atoms with Gasteiger partial charge in [0, 0.05) is 5.56 Å². The Morgan fingerprint density at radius 2 is 2.18 bits per heavy atom. The Bertz CT molecular complexity index is 701. The maximum Gasteiger partial charge on any atom is 0.131 e. The molecular formula is C17H18N2O3. The first-order valence-electron chi connectivity index (χ1n) is 7.18. The summed E-state index contributed by atoms with van der Waals surface area (Å²) in [5, 5.41) is 23.0. The van der Waals surface area contributed by atoms with E-state index in [2.05, 4.69) is 11.4 Å². The van der Waals surface area contributed by atoms with Crippen LogP contribution in [-0.4, -0.2) is 16.8 Å². The molecule has 5 nitrogen and oxygen atoms in total. The molecule has 0 spiro atoms. The molecule has 0 unspecified atom stereocenters. The lowest BCUT2D eigenvalue weighted by molar-refractivity contribution is -0.0651. The van der Waals surface area contributed by atoms with Gasteiger partial charge in [-0.3, -0.25) is 0 Å². The van der Waals surface area contributed by atoms with Gasteiger partial charge in [-0.1, -0.05) is 0 Å². The molecule has 22 heavy (non-hydrogen) atoms. The first kappa shape index (κ1) is 14.6. The van der Waals surface area contributed by atoms with Gasteiger partial charge in [0.25, 0.3) is 0 Å². The summed E-state index contributed by atoms with van der Waals surface area (Å²) in [6.07, 6.45) is 0.868. The zero-order valence-electron chi connectivity index (χ0n) is 12.5. The summed E-state index contributed by atoms with van der Waals surface area (Å²) in [4.78, 5) is 0. The quantitative estimate of drug-likeness (QED) is 0.910. The summed E-state index contributed by atoms with van der Waals surface area (Å²) in [5.41, 5.74) is 0.610. The molecule has 3 rings (SSSR count). The molecule has 0 amide bonds. The highest BCUT2D eigenvalue weighted by molar-refractivity contribution is 5.46. The van der Waals surface area contributed by atoms with Gasteiger partial charge in [-0.25, -0.2) is 0 Å². The molecule has 1 aliphatic heterocycles. The highest BCUT2D eigenvalue weighted by Gasteiger charge is 2.42. The van der Waals surface area contributed by atoms with Crippen LogP contribution in [0.15, 0.2) is 41.0 Å². The number of aliphatic hydroxyl groups excluding tert-OH is 1. The van der Waals surface area contributed by atoms with E-state index in [1.54, 1.807) is 24.5 Å². The van der Waals surface area contributed by atoms with Crippen molar-refractivity contribution in [3.05, 3.63) is 53.5 Å². The fourth-order valence-corrected chi connectivity index (χ4v) is 2.71. The Morgan fingerprint density at radius 1 is 1.36 bits per heavy atom. The van der Waals surface area contributed by atoms with Gasteiger partial charge in [-0.15, -0.1) is 0 Å². The highest BCUT2D eigenvalue weighted by atomic mass is 16.5. The van der Waals surface area contributed by atoms with Crippen molar-refractivity contribution in [3.63, 3.8) is 0 Å². The molecule has 0 aliphatic carbocycles. The van der Waals surface area contributed by atoms with E-state index in [1.165, 1.54) is 0 Å². The average Bonchev–Trinajstić information content (AvgIpc) is 3.00. The normalized spacial score (nSPS) is 22.5. The number of hydrogen-bond acceptors (Lipinski definition) is 5. The van der Waals surface area contributed by atoms with E-state index in [1.807, 2.05) is 26.0 Å². The van der Waals surface area contributed by atoms with Crippen LogP contribution in [0.3, 0.4) is 0 Å². The molecule has 114 valence electrons. The second-order valence-electron chi connectivity index (χ2n) is 5.95. The molecule has 2 aromatic rings. The highest BCUT2D eigenvalue weighted by Crippen LogP contribution is 2.40. The SMILES string of the molecule is CC1(C)Oc2ccc(C#N)cc2[C@H](NCc2ccco2)[C@H]1O. The summed E-state index contributed by atoms with van der Waals surface area (Å²) in [6.45, 7) is 4.18. The lowest BCUT2D eigenvalue weighted by Crippen LogP contribution is -2.52. The summed E-state index contributed by atoms with van der Waals surface area (Å²) < 4.78 is 11.2. The van der Waals surface area contributed by atoms with Gasteiger partial charge >= 0.3 is 0 Å². The zero-order chi connectivity index (χ0) is 15.7. The van der Waals surface area contributed by atoms with Gasteiger partial charge in [0.15, 0.2) is 0 Å². The van der Waals surface area contributed by atoms with Crippen molar-refractivity contribution < 1.29 is 14.3 Å². The van der Waals surface area contributed by atoms with Crippen LogP contribution < -0.4 is 10.1 Å². The first-order chi connectivity index (χ1) is 10.5. The predicted molar refractivity (Wildman–Crippen MR) is 80.2 cm³/mol. The Labute approximate surface area is 129 Å². The van der Waals surface area contributed by atoms with Gasteiger partial charge in [0.05, 0.1) is 30.5 Å². The standard InChI is InChI=1S/C17H18N2O3/c1-17(2)16(20)15(19-10-12-4-3-7-21-12)13-8-11(9-18)5-6-14(13)22-17/h3-8,15-16,19-20H,10H2,1-2H3/t15-,16+/m0/s1. The summed E-state index contributed by atoms with van der Waals surface area (Å²) in [7, 11) is 0. The van der Waals surface area contributed by atoms with E-state index in [9.17, 15) is 5.11 Å². The fraction of sp³-hybridized carbons (Fsp3) is 0.353. The fourth-order valence-electron chi connectivity index (χ4n) is 2.71. The van der Waals surface area contributed by atoms with Crippen LogP contribution in [0, 0.1) is 11.3 Å². The molecule has 1 aromatic carbocycles. The maximum absolute atomic E-state index is 10.6. The van der Waals surface area contributed by atoms with Crippen molar-refractivity contribution in [1.82, 2.24) is 5.32 Å². The van der Waals surface area contributed by atoms with E-state index in [-0.39, 0.29) is 6.04 Å². The van der Waals surface area contributed by atoms with E-state index < -0.39 is 11.7 Å². The van der Waals surface area contributed by atoms with Gasteiger partial charge < -0.3 is 19.6 Å². The Balaban J connectivity index is 1.94. The molecular weight excluding hydrogens is 280 g/mol. The Morgan fingerprint density at radius 3 is 2.86 bits per heavy atom. The molecule has 5 heteroatoms. The first-order valence-corrected chi connectivity index (χ1v) is 7.18. The van der Waals surface area contributed by atoms with Crippen molar-refractivity contribution in [1.29, 1.82) is 5.26 Å². The molecule has 2 N–H and O–H groups in total. The van der Waals surface area contributed by atoms with Crippen molar-refractivity contribution in [3.8, 4) is 11.8 Å². The Kier molecular flexibility index (Phi) is 3.65. The van der Waals surface area contributed by atoms with Gasteiger partial charge in [0.2, 0.25) is 0 Å². The third kappa shape index (κ3) is 2.59. The summed E-state index contributed by atoms with van der Waals surface area (Å²) in [6, 6.07) is 10.7. The van der Waals surface area contributed by atoms with Crippen molar-refractivity contribution >= 4 is 0 Å². The van der Waals surface area contributed by atoms with Gasteiger partial charge in [0.1, 0.15) is 23.2 Å². The summed E-state index contributed by atoms with van der Waals surface area (Å²) >= 11 is 0. The number of ether oxygens (including phenoxy) is 1. The molecule has 2 heterocycles. The number of furan rings is 1. The van der Waals surface area contributed by atoms with Crippen LogP contribution in [0.25, 0.3) is 0 Å². The van der Waals surface area contributed by atoms with Crippen LogP contribution in [0.4, 0.5) is 0 Å². The second-order valence-corrected chi connectivity index (χ2v) is 5.95. The second kappa shape index (κ2) is 5.48. The third-order valence-corrected chi connectivity index (χ3v) is 3.95. The lowest BCUT2D eigenvalue weighted by atomic mass is 9.86. The van der Waals surface area contributed by atoms with Gasteiger partial charge in [-0.2, -0.15) is 5.26 Å². The van der Waals surface area contributed by atoms with Crippen LogP contribution in [0.5, 0.6) is 5.75 Å². The summed E-state index contributed by atoms with van der Waals surface area (Å²) in [5.74, 6) is 1.47. The Hall–Kier alpha value is -2.29. The predicted octanol–water partition coefficient (Wildman–Crippen LogP) is 2.51. The van der Waals surface area contributed by atoms with E-state index in [0.29, 0.717) is 17.9 Å². The van der Waals surface area contributed by atoms with Crippen LogP contribution in [-0.2, 0) is 6.54 Å². The molecule has 0 bridgehead atoms. The molecule has 0 fully saturated rings. The minimum Gasteiger partial charge on any atom is -0.485 e. The molecule has 2 atom stereocenters. The minimum atomic E-state index is -0.746. The zero-order valence-corrected chi connectivity index (χ0v) is 12.5. The number of fused-ring (bicyclic) bond motifs is 1. The molecule has 0 saturated heterocycles. The minimum absolute atomic E-state index is 0.336. The smallest absolute Gasteiger partial charge is 0.131 e. The third-order valence-electron chi connectivity index (χ3n) is 3.95. The maximum atomic E-state index is 10.6. The van der Waals surface area contributed by atoms with E-state index in [0.717, 1.165) is 11.3 Å². The lowest BCUT2D eigenvalue weighted by Gasteiger charge is -2.42. The number of hydrogen-bond donors (Lipinski definition) is 2. The van der Waals surface area contributed by atoms with Crippen LogP contribution in [0.2, 0.25) is 0 Å². The topological polar surface area (TPSA) is 78.4 Å². The number of aliphatic hydroxyl groups is 1. The van der Waals surface area contributed by atoms with Crippen molar-refractivity contribution in [2.75, 3.05) is 0 Å². The average molecular weight is 298 g/mol. The van der Waals surface area contributed by atoms with Crippen molar-refractivity contribution in [2.24, 2.45) is 0 Å². The van der Waals surface area contributed by atoms with E-state index in [4.69, 9.17) is 14.4 Å². The molecule has 1 aromatic heterocycles. The number of nitrogens with one attached hydrogen (secondary N) is 1. The molecule has 0 saturated carbocycles. The largest absolute Gasteiger partial charge is 0.485 e. The van der Waals surface area contributed by atoms with Crippen molar-refractivity contribution in [2.45, 2.75) is 38.1 Å². The molecule has 1 aliphatic rings. The number of benzene rings is 1. The van der Waals surface area contributed by atoms with E-state index >= 15 is 0 Å². The van der Waals surface area contributed by atoms with Gasteiger partial charge in [-0.05, 0) is 44.2 Å². The molecule has 0 radical (unpaired) electrons. The monoisotopic (exact) mass is 298 g/mol. The van der Waals surface area contributed by atoms with Crippen LogP contribution in [0.1, 0.15) is 36.8 Å². The number of rotatable bonds is 3. The number of nitriles is 1. The number of nitrogens with zero attached hydrogens (tertiary/aromatic N) is 1. The van der Waals surface area contributed by atoms with Crippen LogP contribution >= 0.6 is 0 Å².